The van der Waals surface area contributed by atoms with E-state index in [0.29, 0.717) is 34.3 Å². The third-order valence-electron chi connectivity index (χ3n) is 6.54. The zero-order valence-corrected chi connectivity index (χ0v) is 23.4. The molecule has 0 aliphatic carbocycles. The van der Waals surface area contributed by atoms with Crippen LogP contribution in [0.1, 0.15) is 42.9 Å². The maximum Gasteiger partial charge on any atom is 0.325 e. The lowest BCUT2D eigenvalue weighted by atomic mass is 9.91. The fourth-order valence-electron chi connectivity index (χ4n) is 4.45. The van der Waals surface area contributed by atoms with Gasteiger partial charge < -0.3 is 20.5 Å². The van der Waals surface area contributed by atoms with Crippen LogP contribution in [0.15, 0.2) is 72.8 Å². The molecular weight excluding hydrogens is 616 g/mol. The molecule has 0 bridgehead atoms. The second-order valence-electron chi connectivity index (χ2n) is 9.20. The zero-order valence-electron chi connectivity index (χ0n) is 21.3. The third-order valence-corrected chi connectivity index (χ3v) is 7.21. The van der Waals surface area contributed by atoms with Crippen LogP contribution >= 0.6 is 22.6 Å². The molecule has 1 heterocycles. The fourth-order valence-corrected chi connectivity index (χ4v) is 4.90. The number of rotatable bonds is 11. The number of imide groups is 1. The molecule has 3 atom stereocenters. The topological polar surface area (TPSA) is 108 Å². The molecule has 4 rings (SSSR count). The van der Waals surface area contributed by atoms with E-state index >= 15 is 0 Å². The van der Waals surface area contributed by atoms with Crippen molar-refractivity contribution in [2.24, 2.45) is 0 Å². The molecule has 39 heavy (non-hydrogen) atoms. The van der Waals surface area contributed by atoms with Crippen molar-refractivity contribution < 1.29 is 28.6 Å². The number of hydrogen-bond acceptors (Lipinski definition) is 5. The van der Waals surface area contributed by atoms with Gasteiger partial charge in [0.2, 0.25) is 5.91 Å². The third kappa shape index (κ3) is 6.74. The van der Waals surface area contributed by atoms with E-state index in [1.807, 2.05) is 52.9 Å². The predicted octanol–water partition coefficient (Wildman–Crippen LogP) is 4.99. The number of hydrogen-bond donors (Lipinski definition) is 3. The first-order valence-corrected chi connectivity index (χ1v) is 13.7. The van der Waals surface area contributed by atoms with Gasteiger partial charge in [0.1, 0.15) is 23.7 Å². The molecule has 4 amide bonds. The molecule has 10 heteroatoms. The number of aliphatic hydroxyl groups excluding tert-OH is 1. The first-order valence-electron chi connectivity index (χ1n) is 12.6. The Morgan fingerprint density at radius 1 is 1.10 bits per heavy atom. The Hall–Kier alpha value is -3.51. The molecule has 0 aromatic heterocycles. The van der Waals surface area contributed by atoms with Crippen molar-refractivity contribution in [3.05, 3.63) is 93.3 Å². The first kappa shape index (κ1) is 28.5. The molecular formula is C29H29FIN3O5. The minimum Gasteiger partial charge on any atom is -0.494 e. The van der Waals surface area contributed by atoms with Crippen molar-refractivity contribution in [2.45, 2.75) is 37.8 Å². The summed E-state index contributed by atoms with van der Waals surface area (Å²) in [7, 11) is 0. The van der Waals surface area contributed by atoms with Crippen LogP contribution in [0, 0.1) is 9.39 Å². The molecule has 1 aliphatic rings. The summed E-state index contributed by atoms with van der Waals surface area (Å²) in [5.41, 5.74) is 1.24. The average Bonchev–Trinajstić information content (AvgIpc) is 3.22. The average molecular weight is 645 g/mol. The molecule has 1 fully saturated rings. The standard InChI is InChI=1S/C29H29FIN3O5/c1-18(19-7-3-2-4-8-19)26(27(36)32-24-14-11-21(31)17-23(24)30)34-28(37)25(33-29(34)38)20-9-12-22(13-10-20)39-16-6-5-15-35/h2-4,7-14,17-18,25-26,35H,5-6,15-16H2,1H3,(H,32,36)(H,33,38)/t18?,25-,26?/m1/s1. The first-order chi connectivity index (χ1) is 18.8. The van der Waals surface area contributed by atoms with Crippen molar-refractivity contribution >= 4 is 46.1 Å². The number of ether oxygens (including phenoxy) is 1. The van der Waals surface area contributed by atoms with E-state index in [4.69, 9.17) is 9.84 Å². The zero-order chi connectivity index (χ0) is 27.9. The van der Waals surface area contributed by atoms with Crippen LogP contribution in [0.25, 0.3) is 0 Å². The highest BCUT2D eigenvalue weighted by molar-refractivity contribution is 14.1. The fraction of sp³-hybridized carbons (Fsp3) is 0.276. The van der Waals surface area contributed by atoms with Crippen LogP contribution in [0.2, 0.25) is 0 Å². The molecule has 3 aromatic carbocycles. The lowest BCUT2D eigenvalue weighted by molar-refractivity contribution is -0.134. The van der Waals surface area contributed by atoms with Gasteiger partial charge in [-0.05, 0) is 76.9 Å². The van der Waals surface area contributed by atoms with Gasteiger partial charge in [-0.3, -0.25) is 9.59 Å². The molecule has 1 saturated heterocycles. The Labute approximate surface area is 239 Å². The maximum absolute atomic E-state index is 14.6. The summed E-state index contributed by atoms with van der Waals surface area (Å²) < 4.78 is 20.9. The van der Waals surface area contributed by atoms with Gasteiger partial charge in [0.15, 0.2) is 0 Å². The Bertz CT molecular complexity index is 1320. The number of aliphatic hydroxyl groups is 1. The number of amides is 4. The van der Waals surface area contributed by atoms with Gasteiger partial charge in [-0.1, -0.05) is 49.4 Å². The van der Waals surface area contributed by atoms with E-state index in [9.17, 15) is 18.8 Å². The number of benzene rings is 3. The highest BCUT2D eigenvalue weighted by atomic mass is 127. The van der Waals surface area contributed by atoms with Crippen LogP contribution in [0.4, 0.5) is 14.9 Å². The van der Waals surface area contributed by atoms with Gasteiger partial charge in [0, 0.05) is 16.1 Å². The van der Waals surface area contributed by atoms with Crippen LogP contribution in [-0.4, -0.2) is 47.1 Å². The normalized spacial score (nSPS) is 16.5. The van der Waals surface area contributed by atoms with Gasteiger partial charge in [-0.15, -0.1) is 0 Å². The Morgan fingerprint density at radius 3 is 2.49 bits per heavy atom. The summed E-state index contributed by atoms with van der Waals surface area (Å²) in [6.45, 7) is 2.30. The van der Waals surface area contributed by atoms with Crippen molar-refractivity contribution in [1.82, 2.24) is 10.2 Å². The van der Waals surface area contributed by atoms with E-state index in [1.165, 1.54) is 12.1 Å². The number of nitrogens with one attached hydrogen (secondary N) is 2. The summed E-state index contributed by atoms with van der Waals surface area (Å²) in [4.78, 5) is 41.3. The molecule has 3 N–H and O–H groups in total. The summed E-state index contributed by atoms with van der Waals surface area (Å²) in [6, 6.07) is 17.3. The monoisotopic (exact) mass is 645 g/mol. The largest absolute Gasteiger partial charge is 0.494 e. The summed E-state index contributed by atoms with van der Waals surface area (Å²) >= 11 is 1.97. The molecule has 8 nitrogen and oxygen atoms in total. The number of halogens is 2. The van der Waals surface area contributed by atoms with E-state index in [-0.39, 0.29) is 12.3 Å². The van der Waals surface area contributed by atoms with Gasteiger partial charge >= 0.3 is 6.03 Å². The molecule has 3 aromatic rings. The van der Waals surface area contributed by atoms with Crippen LogP contribution in [-0.2, 0) is 9.59 Å². The SMILES string of the molecule is CC(c1ccccc1)C(C(=O)Nc1ccc(I)cc1F)N1C(=O)N[C@H](c2ccc(OCCCCO)cc2)C1=O. The number of unbranched alkanes of at least 4 members (excludes halogenated alkanes) is 1. The number of anilines is 1. The molecule has 0 radical (unpaired) electrons. The van der Waals surface area contributed by atoms with Crippen molar-refractivity contribution in [3.63, 3.8) is 0 Å². The minimum atomic E-state index is -1.24. The number of carbonyl (C=O) groups is 3. The maximum atomic E-state index is 14.6. The minimum absolute atomic E-state index is 0.0381. The quantitative estimate of drug-likeness (QED) is 0.155. The van der Waals surface area contributed by atoms with Crippen LogP contribution in [0.5, 0.6) is 5.75 Å². The highest BCUT2D eigenvalue weighted by Crippen LogP contribution is 2.32. The second-order valence-corrected chi connectivity index (χ2v) is 10.4. The number of urea groups is 1. The molecule has 0 saturated carbocycles. The van der Waals surface area contributed by atoms with Crippen molar-refractivity contribution in [1.29, 1.82) is 0 Å². The van der Waals surface area contributed by atoms with E-state index < -0.39 is 41.7 Å². The van der Waals surface area contributed by atoms with E-state index in [2.05, 4.69) is 10.6 Å². The van der Waals surface area contributed by atoms with E-state index in [0.717, 1.165) is 10.5 Å². The lowest BCUT2D eigenvalue weighted by Crippen LogP contribution is -2.50. The summed E-state index contributed by atoms with van der Waals surface area (Å²) in [5, 5.41) is 14.2. The molecule has 0 spiro atoms. The predicted molar refractivity (Wildman–Crippen MR) is 153 cm³/mol. The number of nitrogens with zero attached hydrogens (tertiary/aromatic N) is 1. The Kier molecular flexibility index (Phi) is 9.52. The van der Waals surface area contributed by atoms with Gasteiger partial charge in [0.25, 0.3) is 5.91 Å². The molecule has 1 aliphatic heterocycles. The summed E-state index contributed by atoms with van der Waals surface area (Å²) in [5.74, 6) is -1.86. The highest BCUT2D eigenvalue weighted by Gasteiger charge is 2.47. The van der Waals surface area contributed by atoms with E-state index in [1.54, 1.807) is 37.3 Å². The number of carbonyl (C=O) groups excluding carboxylic acids is 3. The van der Waals surface area contributed by atoms with Gasteiger partial charge in [-0.2, -0.15) is 0 Å². The Balaban J connectivity index is 1.59. The lowest BCUT2D eigenvalue weighted by Gasteiger charge is -2.30. The summed E-state index contributed by atoms with van der Waals surface area (Å²) in [6.07, 6.45) is 1.35. The second kappa shape index (κ2) is 13.0. The van der Waals surface area contributed by atoms with Crippen molar-refractivity contribution in [3.8, 4) is 5.75 Å². The van der Waals surface area contributed by atoms with Gasteiger partial charge in [0.05, 0.1) is 12.3 Å². The Morgan fingerprint density at radius 2 is 1.82 bits per heavy atom. The smallest absolute Gasteiger partial charge is 0.325 e. The van der Waals surface area contributed by atoms with Crippen molar-refractivity contribution in [2.75, 3.05) is 18.5 Å². The van der Waals surface area contributed by atoms with Gasteiger partial charge in [-0.25, -0.2) is 14.1 Å². The molecule has 2 unspecified atom stereocenters. The van der Waals surface area contributed by atoms with Crippen LogP contribution < -0.4 is 15.4 Å². The molecule has 204 valence electrons. The van der Waals surface area contributed by atoms with Crippen LogP contribution in [0.3, 0.4) is 0 Å².